The van der Waals surface area contributed by atoms with Crippen LogP contribution < -0.4 is 5.32 Å². The number of rotatable bonds is 8. The molecule has 0 unspecified atom stereocenters. The number of piperazine rings is 1. The Morgan fingerprint density at radius 3 is 2.41 bits per heavy atom. The highest BCUT2D eigenvalue weighted by molar-refractivity contribution is 6.33. The Balaban J connectivity index is 0.000000566. The number of anilines is 2. The number of nitrogens with one attached hydrogen (secondary N) is 2. The van der Waals surface area contributed by atoms with Crippen molar-refractivity contribution in [3.63, 3.8) is 0 Å². The van der Waals surface area contributed by atoms with Gasteiger partial charge in [0.25, 0.3) is 5.91 Å². The quantitative estimate of drug-likeness (QED) is 0.238. The van der Waals surface area contributed by atoms with E-state index in [1.54, 1.807) is 18.5 Å². The molecule has 14 heteroatoms. The Morgan fingerprint density at radius 1 is 1.07 bits per heavy atom. The van der Waals surface area contributed by atoms with Crippen LogP contribution >= 0.6 is 11.6 Å². The summed E-state index contributed by atoms with van der Waals surface area (Å²) in [6.45, 7) is 5.41. The lowest BCUT2D eigenvalue weighted by Crippen LogP contribution is -2.49. The Hall–Kier alpha value is -4.20. The largest absolute Gasteiger partial charge is 0.490 e. The van der Waals surface area contributed by atoms with Gasteiger partial charge in [0.15, 0.2) is 0 Å². The molecule has 3 N–H and O–H groups in total. The first kappa shape index (κ1) is 32.7. The number of benzene rings is 2. The SMILES string of the molecule is CN(C)CCCN1CCN(C(=O)c2ccc(Nc3cncc(-c4cc5ccccc5[nH]4)n3)c(Cl)c2)CC1.O=C(O)C(F)(F)F. The minimum atomic E-state index is -5.08. The van der Waals surface area contributed by atoms with E-state index >= 15 is 0 Å². The number of aromatic amines is 1. The van der Waals surface area contributed by atoms with Crippen LogP contribution in [0.1, 0.15) is 16.8 Å². The number of carbonyl (C=O) groups is 2. The van der Waals surface area contributed by atoms with E-state index in [4.69, 9.17) is 26.5 Å². The zero-order chi connectivity index (χ0) is 31.9. The first-order chi connectivity index (χ1) is 20.9. The Bertz CT molecular complexity index is 1550. The van der Waals surface area contributed by atoms with Crippen molar-refractivity contribution in [2.75, 3.05) is 58.7 Å². The van der Waals surface area contributed by atoms with Crippen LogP contribution in [0, 0.1) is 0 Å². The van der Waals surface area contributed by atoms with Crippen LogP contribution in [0.4, 0.5) is 24.7 Å². The van der Waals surface area contributed by atoms with Crippen LogP contribution in [0.5, 0.6) is 0 Å². The predicted molar refractivity (Wildman–Crippen MR) is 163 cm³/mol. The number of amides is 1. The third-order valence-corrected chi connectivity index (χ3v) is 7.21. The molecular formula is C30H33ClF3N7O3. The van der Waals surface area contributed by atoms with Crippen molar-refractivity contribution < 1.29 is 27.9 Å². The zero-order valence-electron chi connectivity index (χ0n) is 24.2. The van der Waals surface area contributed by atoms with Gasteiger partial charge in [0.1, 0.15) is 11.5 Å². The summed E-state index contributed by atoms with van der Waals surface area (Å²) < 4.78 is 31.7. The second-order valence-electron chi connectivity index (χ2n) is 10.5. The van der Waals surface area contributed by atoms with E-state index in [2.05, 4.69) is 51.3 Å². The van der Waals surface area contributed by atoms with Gasteiger partial charge in [-0.05, 0) is 63.9 Å². The number of hydrogen-bond donors (Lipinski definition) is 3. The van der Waals surface area contributed by atoms with Crippen molar-refractivity contribution in [2.45, 2.75) is 12.6 Å². The van der Waals surface area contributed by atoms with Crippen LogP contribution in [0.25, 0.3) is 22.3 Å². The molecule has 0 aliphatic carbocycles. The van der Waals surface area contributed by atoms with E-state index in [1.165, 1.54) is 0 Å². The second kappa shape index (κ2) is 14.5. The normalized spacial score (nSPS) is 13.9. The van der Waals surface area contributed by atoms with E-state index in [-0.39, 0.29) is 5.91 Å². The first-order valence-electron chi connectivity index (χ1n) is 13.8. The average molecular weight is 632 g/mol. The highest BCUT2D eigenvalue weighted by atomic mass is 35.5. The molecule has 2 aromatic heterocycles. The van der Waals surface area contributed by atoms with Crippen LogP contribution in [-0.4, -0.2) is 106 Å². The number of aromatic nitrogens is 3. The molecule has 3 heterocycles. The van der Waals surface area contributed by atoms with Crippen molar-refractivity contribution in [1.29, 1.82) is 0 Å². The summed E-state index contributed by atoms with van der Waals surface area (Å²) in [7, 11) is 4.19. The second-order valence-corrected chi connectivity index (χ2v) is 10.9. The third-order valence-electron chi connectivity index (χ3n) is 6.90. The first-order valence-corrected chi connectivity index (χ1v) is 14.2. The minimum Gasteiger partial charge on any atom is -0.475 e. The van der Waals surface area contributed by atoms with Gasteiger partial charge >= 0.3 is 12.1 Å². The Morgan fingerprint density at radius 2 is 1.77 bits per heavy atom. The monoisotopic (exact) mass is 631 g/mol. The molecule has 0 saturated carbocycles. The summed E-state index contributed by atoms with van der Waals surface area (Å²) in [4.78, 5) is 41.0. The van der Waals surface area contributed by atoms with E-state index < -0.39 is 12.1 Å². The van der Waals surface area contributed by atoms with Gasteiger partial charge in [0, 0.05) is 42.6 Å². The molecule has 0 spiro atoms. The minimum absolute atomic E-state index is 0.0157. The summed E-state index contributed by atoms with van der Waals surface area (Å²) in [6.07, 6.45) is -0.569. The van der Waals surface area contributed by atoms with E-state index in [1.807, 2.05) is 35.2 Å². The summed E-state index contributed by atoms with van der Waals surface area (Å²) in [6, 6.07) is 15.5. The maximum atomic E-state index is 13.1. The fourth-order valence-corrected chi connectivity index (χ4v) is 4.85. The predicted octanol–water partition coefficient (Wildman–Crippen LogP) is 5.36. The number of aliphatic carboxylic acids is 1. The molecule has 0 radical (unpaired) electrons. The molecule has 4 aromatic rings. The smallest absolute Gasteiger partial charge is 0.475 e. The number of para-hydroxylation sites is 1. The Kier molecular flexibility index (Phi) is 10.8. The van der Waals surface area contributed by atoms with Crippen molar-refractivity contribution >= 4 is 45.9 Å². The fourth-order valence-electron chi connectivity index (χ4n) is 4.62. The van der Waals surface area contributed by atoms with E-state index in [9.17, 15) is 18.0 Å². The maximum Gasteiger partial charge on any atom is 0.490 e. The van der Waals surface area contributed by atoms with Crippen molar-refractivity contribution in [1.82, 2.24) is 29.7 Å². The third kappa shape index (κ3) is 8.91. The maximum absolute atomic E-state index is 13.1. The van der Waals surface area contributed by atoms with Crippen molar-refractivity contribution in [3.8, 4) is 11.4 Å². The van der Waals surface area contributed by atoms with Gasteiger partial charge in [-0.25, -0.2) is 9.78 Å². The molecule has 1 aliphatic rings. The number of H-pyrrole nitrogens is 1. The van der Waals surface area contributed by atoms with Crippen LogP contribution in [-0.2, 0) is 4.79 Å². The average Bonchev–Trinajstić information content (AvgIpc) is 3.43. The van der Waals surface area contributed by atoms with Gasteiger partial charge in [-0.15, -0.1) is 0 Å². The van der Waals surface area contributed by atoms with Crippen LogP contribution in [0.3, 0.4) is 0 Å². The van der Waals surface area contributed by atoms with Gasteiger partial charge in [0.05, 0.1) is 28.8 Å². The fraction of sp³-hybridized carbons (Fsp3) is 0.333. The van der Waals surface area contributed by atoms with Gasteiger partial charge < -0.3 is 25.2 Å². The molecule has 5 rings (SSSR count). The van der Waals surface area contributed by atoms with Crippen molar-refractivity contribution in [3.05, 3.63) is 71.5 Å². The molecule has 0 atom stereocenters. The molecule has 0 bridgehead atoms. The highest BCUT2D eigenvalue weighted by Crippen LogP contribution is 2.28. The van der Waals surface area contributed by atoms with Gasteiger partial charge in [-0.1, -0.05) is 29.8 Å². The standard InChI is InChI=1S/C28H32ClN7O.C2HF3O2/c1-34(2)10-5-11-35-12-14-36(15-13-35)28(37)21-8-9-24(22(29)16-21)32-27-19-30-18-26(33-27)25-17-20-6-3-4-7-23(20)31-25;3-2(4,5)1(6)7/h3-4,6-9,16-19,31H,5,10-15H2,1-2H3,(H,32,33);(H,6,7). The molecule has 1 fully saturated rings. The number of nitrogens with zero attached hydrogens (tertiary/aromatic N) is 5. The summed E-state index contributed by atoms with van der Waals surface area (Å²) in [5.74, 6) is -2.17. The van der Waals surface area contributed by atoms with E-state index in [0.717, 1.165) is 68.0 Å². The number of halogens is 4. The number of carbonyl (C=O) groups excluding carboxylic acids is 1. The summed E-state index contributed by atoms with van der Waals surface area (Å²) >= 11 is 6.58. The highest BCUT2D eigenvalue weighted by Gasteiger charge is 2.38. The van der Waals surface area contributed by atoms with Crippen molar-refractivity contribution in [2.24, 2.45) is 0 Å². The molecule has 1 amide bonds. The Labute approximate surface area is 257 Å². The number of alkyl halides is 3. The number of carboxylic acids is 1. The lowest BCUT2D eigenvalue weighted by Gasteiger charge is -2.35. The molecule has 1 aliphatic heterocycles. The van der Waals surface area contributed by atoms with Crippen LogP contribution in [0.15, 0.2) is 60.9 Å². The van der Waals surface area contributed by atoms with E-state index in [0.29, 0.717) is 22.1 Å². The molecule has 2 aromatic carbocycles. The summed E-state index contributed by atoms with van der Waals surface area (Å²) in [5, 5.41) is 11.9. The zero-order valence-corrected chi connectivity index (χ0v) is 25.0. The topological polar surface area (TPSA) is 118 Å². The molecule has 234 valence electrons. The molecule has 10 nitrogen and oxygen atoms in total. The van der Waals surface area contributed by atoms with Crippen LogP contribution in [0.2, 0.25) is 5.02 Å². The van der Waals surface area contributed by atoms with Gasteiger partial charge in [-0.2, -0.15) is 13.2 Å². The number of carboxylic acid groups (broad SMARTS) is 1. The molecule has 44 heavy (non-hydrogen) atoms. The lowest BCUT2D eigenvalue weighted by molar-refractivity contribution is -0.192. The number of fused-ring (bicyclic) bond motifs is 1. The number of hydrogen-bond acceptors (Lipinski definition) is 7. The van der Waals surface area contributed by atoms with Gasteiger partial charge in [-0.3, -0.25) is 14.7 Å². The molecule has 1 saturated heterocycles. The molecular weight excluding hydrogens is 599 g/mol. The lowest BCUT2D eigenvalue weighted by atomic mass is 10.1. The summed E-state index contributed by atoms with van der Waals surface area (Å²) in [5.41, 5.74) is 3.93. The van der Waals surface area contributed by atoms with Gasteiger partial charge in [0.2, 0.25) is 0 Å².